The van der Waals surface area contributed by atoms with Gasteiger partial charge in [-0.05, 0) is 25.7 Å². The van der Waals surface area contributed by atoms with Crippen molar-refractivity contribution >= 4 is 5.91 Å². The van der Waals surface area contributed by atoms with Crippen molar-refractivity contribution in [1.29, 1.82) is 0 Å². The lowest BCUT2D eigenvalue weighted by molar-refractivity contribution is -0.133. The van der Waals surface area contributed by atoms with E-state index in [1.54, 1.807) is 6.92 Å². The molecule has 0 spiro atoms. The first kappa shape index (κ1) is 10.9. The zero-order valence-electron chi connectivity index (χ0n) is 9.48. The number of rotatable bonds is 3. The number of nitrogens with zero attached hydrogens (tertiary/aromatic N) is 2. The fourth-order valence-electron chi connectivity index (χ4n) is 2.10. The number of carbonyl (C=O) groups is 1. The van der Waals surface area contributed by atoms with Gasteiger partial charge < -0.3 is 10.6 Å². The van der Waals surface area contributed by atoms with E-state index in [0.717, 1.165) is 32.1 Å². The van der Waals surface area contributed by atoms with Gasteiger partial charge in [0.1, 0.15) is 0 Å². The van der Waals surface area contributed by atoms with Crippen molar-refractivity contribution in [2.75, 3.05) is 32.7 Å². The predicted molar refractivity (Wildman–Crippen MR) is 59.4 cm³/mol. The quantitative estimate of drug-likeness (QED) is 0.708. The van der Waals surface area contributed by atoms with Gasteiger partial charge in [-0.3, -0.25) is 9.69 Å². The summed E-state index contributed by atoms with van der Waals surface area (Å²) in [4.78, 5) is 16.0. The van der Waals surface area contributed by atoms with Gasteiger partial charge >= 0.3 is 0 Å². The molecule has 1 saturated heterocycles. The number of amides is 1. The maximum Gasteiger partial charge on any atom is 0.239 e. The summed E-state index contributed by atoms with van der Waals surface area (Å²) >= 11 is 0. The summed E-state index contributed by atoms with van der Waals surface area (Å²) in [6.07, 6.45) is 2.80. The topological polar surface area (TPSA) is 49.6 Å². The molecule has 1 atom stereocenters. The summed E-state index contributed by atoms with van der Waals surface area (Å²) in [5.41, 5.74) is 5.59. The first-order chi connectivity index (χ1) is 7.16. The van der Waals surface area contributed by atoms with Crippen LogP contribution in [0.4, 0.5) is 0 Å². The number of hydrogen-bond donors (Lipinski definition) is 1. The average Bonchev–Trinajstić information content (AvgIpc) is 3.02. The highest BCUT2D eigenvalue weighted by Crippen LogP contribution is 2.29. The van der Waals surface area contributed by atoms with Crippen LogP contribution in [-0.2, 0) is 4.79 Å². The van der Waals surface area contributed by atoms with Crippen molar-refractivity contribution in [2.24, 2.45) is 11.7 Å². The third-order valence-corrected chi connectivity index (χ3v) is 3.29. The van der Waals surface area contributed by atoms with Gasteiger partial charge in [0.05, 0.1) is 6.04 Å². The van der Waals surface area contributed by atoms with Gasteiger partial charge in [-0.25, -0.2) is 0 Å². The van der Waals surface area contributed by atoms with Crippen molar-refractivity contribution < 1.29 is 4.79 Å². The van der Waals surface area contributed by atoms with E-state index in [0.29, 0.717) is 0 Å². The van der Waals surface area contributed by atoms with Crippen LogP contribution in [0.3, 0.4) is 0 Å². The third kappa shape index (κ3) is 2.92. The Balaban J connectivity index is 1.73. The molecule has 2 rings (SSSR count). The molecule has 2 aliphatic rings. The van der Waals surface area contributed by atoms with Crippen molar-refractivity contribution in [3.05, 3.63) is 0 Å². The number of carbonyl (C=O) groups excluding carboxylic acids is 1. The Morgan fingerprint density at radius 2 is 1.93 bits per heavy atom. The molecule has 1 unspecified atom stereocenters. The lowest BCUT2D eigenvalue weighted by atomic mass is 10.2. The molecule has 2 N–H and O–H groups in total. The van der Waals surface area contributed by atoms with Crippen LogP contribution < -0.4 is 5.73 Å². The van der Waals surface area contributed by atoms with E-state index in [2.05, 4.69) is 4.90 Å². The van der Waals surface area contributed by atoms with Crippen molar-refractivity contribution in [2.45, 2.75) is 25.8 Å². The van der Waals surface area contributed by atoms with Gasteiger partial charge in [-0.1, -0.05) is 0 Å². The highest BCUT2D eigenvalue weighted by Gasteiger charge is 2.28. The molecule has 4 heteroatoms. The Hall–Kier alpha value is -0.610. The number of piperazine rings is 1. The summed E-state index contributed by atoms with van der Waals surface area (Å²) in [6.45, 7) is 6.75. The fraction of sp³-hybridized carbons (Fsp3) is 0.909. The standard InChI is InChI=1S/C11H21N3O/c1-9(12)11(15)14-6-4-13(5-7-14)8-10-2-3-10/h9-10H,2-8,12H2,1H3. The Morgan fingerprint density at radius 1 is 1.33 bits per heavy atom. The van der Waals surface area contributed by atoms with E-state index < -0.39 is 0 Å². The molecule has 0 bridgehead atoms. The zero-order chi connectivity index (χ0) is 10.8. The molecule has 0 radical (unpaired) electrons. The molecule has 2 fully saturated rings. The van der Waals surface area contributed by atoms with Gasteiger partial charge in [0.15, 0.2) is 0 Å². The highest BCUT2D eigenvalue weighted by atomic mass is 16.2. The second kappa shape index (κ2) is 4.49. The van der Waals surface area contributed by atoms with Crippen LogP contribution in [0.25, 0.3) is 0 Å². The van der Waals surface area contributed by atoms with Crippen LogP contribution in [0.2, 0.25) is 0 Å². The minimum Gasteiger partial charge on any atom is -0.339 e. The molecule has 1 heterocycles. The molecule has 86 valence electrons. The Kier molecular flexibility index (Phi) is 3.26. The number of hydrogen-bond acceptors (Lipinski definition) is 3. The molecular formula is C11H21N3O. The van der Waals surface area contributed by atoms with Gasteiger partial charge in [0, 0.05) is 32.7 Å². The lowest BCUT2D eigenvalue weighted by Gasteiger charge is -2.35. The third-order valence-electron chi connectivity index (χ3n) is 3.29. The summed E-state index contributed by atoms with van der Waals surface area (Å²) in [7, 11) is 0. The Morgan fingerprint density at radius 3 is 2.40 bits per heavy atom. The second-order valence-corrected chi connectivity index (χ2v) is 4.86. The highest BCUT2D eigenvalue weighted by molar-refractivity contribution is 5.81. The summed E-state index contributed by atoms with van der Waals surface area (Å²) in [5.74, 6) is 1.04. The van der Waals surface area contributed by atoms with Gasteiger partial charge in [-0.2, -0.15) is 0 Å². The lowest BCUT2D eigenvalue weighted by Crippen LogP contribution is -2.52. The average molecular weight is 211 g/mol. The monoisotopic (exact) mass is 211 g/mol. The van der Waals surface area contributed by atoms with E-state index in [1.807, 2.05) is 4.90 Å². The van der Waals surface area contributed by atoms with Gasteiger partial charge in [0.2, 0.25) is 5.91 Å². The smallest absolute Gasteiger partial charge is 0.239 e. The SMILES string of the molecule is CC(N)C(=O)N1CCN(CC2CC2)CC1. The van der Waals surface area contributed by atoms with Crippen LogP contribution >= 0.6 is 0 Å². The van der Waals surface area contributed by atoms with Crippen LogP contribution in [-0.4, -0.2) is 54.5 Å². The normalized spacial score (nSPS) is 25.3. The molecule has 0 aromatic heterocycles. The van der Waals surface area contributed by atoms with Crippen molar-refractivity contribution in [3.63, 3.8) is 0 Å². The molecule has 0 aromatic carbocycles. The zero-order valence-corrected chi connectivity index (χ0v) is 9.48. The van der Waals surface area contributed by atoms with E-state index in [9.17, 15) is 4.79 Å². The van der Waals surface area contributed by atoms with E-state index in [4.69, 9.17) is 5.73 Å². The molecule has 4 nitrogen and oxygen atoms in total. The molecule has 1 amide bonds. The summed E-state index contributed by atoms with van der Waals surface area (Å²) < 4.78 is 0. The van der Waals surface area contributed by atoms with Crippen molar-refractivity contribution in [3.8, 4) is 0 Å². The van der Waals surface area contributed by atoms with Crippen LogP contribution in [0.1, 0.15) is 19.8 Å². The molecule has 1 saturated carbocycles. The van der Waals surface area contributed by atoms with E-state index in [1.165, 1.54) is 19.4 Å². The van der Waals surface area contributed by atoms with Crippen LogP contribution in [0, 0.1) is 5.92 Å². The molecule has 15 heavy (non-hydrogen) atoms. The maximum absolute atomic E-state index is 11.6. The Bertz CT molecular complexity index is 230. The predicted octanol–water partition coefficient (Wildman–Crippen LogP) is -0.112. The van der Waals surface area contributed by atoms with Crippen LogP contribution in [0.5, 0.6) is 0 Å². The van der Waals surface area contributed by atoms with E-state index >= 15 is 0 Å². The molecule has 1 aliphatic carbocycles. The maximum atomic E-state index is 11.6. The first-order valence-electron chi connectivity index (χ1n) is 5.93. The van der Waals surface area contributed by atoms with E-state index in [-0.39, 0.29) is 11.9 Å². The minimum atomic E-state index is -0.347. The molecule has 0 aromatic rings. The van der Waals surface area contributed by atoms with Crippen LogP contribution in [0.15, 0.2) is 0 Å². The molecular weight excluding hydrogens is 190 g/mol. The number of nitrogens with two attached hydrogens (primary N) is 1. The minimum absolute atomic E-state index is 0.0982. The van der Waals surface area contributed by atoms with Crippen molar-refractivity contribution in [1.82, 2.24) is 9.80 Å². The summed E-state index contributed by atoms with van der Waals surface area (Å²) in [5, 5.41) is 0. The fourth-order valence-corrected chi connectivity index (χ4v) is 2.10. The van der Waals surface area contributed by atoms with Gasteiger partial charge in [-0.15, -0.1) is 0 Å². The Labute approximate surface area is 91.4 Å². The largest absolute Gasteiger partial charge is 0.339 e. The van der Waals surface area contributed by atoms with Gasteiger partial charge in [0.25, 0.3) is 0 Å². The first-order valence-corrected chi connectivity index (χ1v) is 5.93. The second-order valence-electron chi connectivity index (χ2n) is 4.86. The summed E-state index contributed by atoms with van der Waals surface area (Å²) in [6, 6.07) is -0.347. The molecule has 1 aliphatic heterocycles.